The number of carbonyl (C=O) groups excluding carboxylic acids is 1. The van der Waals surface area contributed by atoms with Crippen molar-refractivity contribution in [1.29, 1.82) is 0 Å². The second kappa shape index (κ2) is 8.36. The molecule has 0 unspecified atom stereocenters. The van der Waals surface area contributed by atoms with E-state index in [2.05, 4.69) is 5.43 Å². The van der Waals surface area contributed by atoms with Gasteiger partial charge in [-0.15, -0.1) is 4.83 Å². The summed E-state index contributed by atoms with van der Waals surface area (Å²) in [5.41, 5.74) is 2.12. The molecular formula is C19H16Cl2N2O4S. The number of benzene rings is 3. The molecule has 0 heterocycles. The lowest BCUT2D eigenvalue weighted by Gasteiger charge is -2.16. The van der Waals surface area contributed by atoms with Gasteiger partial charge in [0, 0.05) is 5.02 Å². The Morgan fingerprint density at radius 1 is 1.00 bits per heavy atom. The topological polar surface area (TPSA) is 84.5 Å². The van der Waals surface area contributed by atoms with E-state index in [1.54, 1.807) is 12.1 Å². The van der Waals surface area contributed by atoms with Crippen LogP contribution in [0.4, 0.5) is 0 Å². The van der Waals surface area contributed by atoms with E-state index in [0.717, 1.165) is 10.8 Å². The lowest BCUT2D eigenvalue weighted by Crippen LogP contribution is -2.47. The first-order chi connectivity index (χ1) is 13.3. The van der Waals surface area contributed by atoms with Gasteiger partial charge in [-0.1, -0.05) is 53.5 Å². The predicted molar refractivity (Wildman–Crippen MR) is 109 cm³/mol. The van der Waals surface area contributed by atoms with Crippen molar-refractivity contribution in [2.24, 2.45) is 0 Å². The molecule has 0 bridgehead atoms. The van der Waals surface area contributed by atoms with Gasteiger partial charge in [0.15, 0.2) is 6.10 Å². The van der Waals surface area contributed by atoms with Crippen LogP contribution in [-0.4, -0.2) is 20.4 Å². The summed E-state index contributed by atoms with van der Waals surface area (Å²) in [7, 11) is -4.10. The molecule has 28 heavy (non-hydrogen) atoms. The Labute approximate surface area is 172 Å². The fourth-order valence-electron chi connectivity index (χ4n) is 2.46. The highest BCUT2D eigenvalue weighted by atomic mass is 35.5. The zero-order valence-electron chi connectivity index (χ0n) is 14.6. The zero-order valence-corrected chi connectivity index (χ0v) is 17.0. The van der Waals surface area contributed by atoms with Crippen LogP contribution in [0.15, 0.2) is 65.6 Å². The van der Waals surface area contributed by atoms with E-state index >= 15 is 0 Å². The molecule has 3 rings (SSSR count). The summed E-state index contributed by atoms with van der Waals surface area (Å²) in [6.07, 6.45) is -0.946. The first-order valence-electron chi connectivity index (χ1n) is 8.18. The molecule has 9 heteroatoms. The summed E-state index contributed by atoms with van der Waals surface area (Å²) >= 11 is 11.7. The monoisotopic (exact) mass is 438 g/mol. The van der Waals surface area contributed by atoms with Gasteiger partial charge in [0.25, 0.3) is 15.9 Å². The van der Waals surface area contributed by atoms with Crippen LogP contribution in [0.3, 0.4) is 0 Å². The fraction of sp³-hybridized carbons (Fsp3) is 0.105. The van der Waals surface area contributed by atoms with Crippen LogP contribution in [0.2, 0.25) is 10.0 Å². The minimum Gasteiger partial charge on any atom is -0.481 e. The number of rotatable bonds is 6. The minimum absolute atomic E-state index is 0.0217. The van der Waals surface area contributed by atoms with Crippen LogP contribution in [0.1, 0.15) is 6.92 Å². The third-order valence-corrected chi connectivity index (χ3v) is 5.86. The summed E-state index contributed by atoms with van der Waals surface area (Å²) in [6, 6.07) is 17.1. The number of sulfonamides is 1. The van der Waals surface area contributed by atoms with E-state index in [4.69, 9.17) is 27.9 Å². The van der Waals surface area contributed by atoms with Crippen molar-refractivity contribution in [3.8, 4) is 5.75 Å². The van der Waals surface area contributed by atoms with Crippen molar-refractivity contribution >= 4 is 49.9 Å². The molecule has 3 aromatic rings. The summed E-state index contributed by atoms with van der Waals surface area (Å²) < 4.78 is 30.3. The van der Waals surface area contributed by atoms with Crippen LogP contribution in [0.5, 0.6) is 5.75 Å². The van der Waals surface area contributed by atoms with E-state index in [0.29, 0.717) is 5.75 Å². The maximum atomic E-state index is 12.3. The fourth-order valence-corrected chi connectivity index (χ4v) is 4.07. The Kier molecular flexibility index (Phi) is 6.10. The van der Waals surface area contributed by atoms with Gasteiger partial charge in [-0.25, -0.2) is 8.42 Å². The van der Waals surface area contributed by atoms with Gasteiger partial charge >= 0.3 is 0 Å². The van der Waals surface area contributed by atoms with Crippen molar-refractivity contribution < 1.29 is 17.9 Å². The summed E-state index contributed by atoms with van der Waals surface area (Å²) in [6.45, 7) is 1.51. The van der Waals surface area contributed by atoms with Gasteiger partial charge in [-0.2, -0.15) is 0 Å². The number of hydrogen-bond acceptors (Lipinski definition) is 4. The lowest BCUT2D eigenvalue weighted by molar-refractivity contribution is -0.127. The van der Waals surface area contributed by atoms with Gasteiger partial charge in [0.2, 0.25) is 0 Å². The highest BCUT2D eigenvalue weighted by Crippen LogP contribution is 2.24. The molecule has 0 spiro atoms. The van der Waals surface area contributed by atoms with E-state index in [9.17, 15) is 13.2 Å². The van der Waals surface area contributed by atoms with E-state index < -0.39 is 22.0 Å². The van der Waals surface area contributed by atoms with Crippen LogP contribution in [-0.2, 0) is 14.8 Å². The maximum absolute atomic E-state index is 12.3. The summed E-state index contributed by atoms with van der Waals surface area (Å²) in [5.74, 6) is -0.183. The first-order valence-corrected chi connectivity index (χ1v) is 10.4. The number of ether oxygens (including phenoxy) is 1. The van der Waals surface area contributed by atoms with Crippen molar-refractivity contribution in [2.45, 2.75) is 17.9 Å². The molecule has 2 N–H and O–H groups in total. The van der Waals surface area contributed by atoms with E-state index in [1.807, 2.05) is 35.2 Å². The van der Waals surface area contributed by atoms with Crippen molar-refractivity contribution in [2.75, 3.05) is 0 Å². The van der Waals surface area contributed by atoms with Crippen molar-refractivity contribution in [1.82, 2.24) is 10.3 Å². The Hall–Kier alpha value is -2.32. The van der Waals surface area contributed by atoms with Crippen molar-refractivity contribution in [3.63, 3.8) is 0 Å². The smallest absolute Gasteiger partial charge is 0.275 e. The zero-order chi connectivity index (χ0) is 20.3. The maximum Gasteiger partial charge on any atom is 0.275 e. The highest BCUT2D eigenvalue weighted by molar-refractivity contribution is 7.89. The van der Waals surface area contributed by atoms with Crippen LogP contribution < -0.4 is 15.0 Å². The molecule has 146 valence electrons. The molecule has 1 amide bonds. The second-order valence-corrected chi connectivity index (χ2v) is 8.43. The third kappa shape index (κ3) is 4.74. The quantitative estimate of drug-likeness (QED) is 0.571. The SMILES string of the molecule is C[C@@H](Oc1ccc2ccccc2c1)C(=O)NNS(=O)(=O)c1cc(Cl)ccc1Cl. The molecule has 0 saturated heterocycles. The number of halogens is 2. The molecule has 6 nitrogen and oxygen atoms in total. The van der Waals surface area contributed by atoms with Gasteiger partial charge in [-0.3, -0.25) is 10.2 Å². The van der Waals surface area contributed by atoms with Crippen LogP contribution in [0.25, 0.3) is 10.8 Å². The third-order valence-electron chi connectivity index (χ3n) is 3.89. The van der Waals surface area contributed by atoms with E-state index in [-0.39, 0.29) is 14.9 Å². The van der Waals surface area contributed by atoms with Gasteiger partial charge in [0.05, 0.1) is 5.02 Å². The summed E-state index contributed by atoms with van der Waals surface area (Å²) in [5, 5.41) is 2.18. The lowest BCUT2D eigenvalue weighted by atomic mass is 10.1. The van der Waals surface area contributed by atoms with Gasteiger partial charge in [-0.05, 0) is 48.0 Å². The van der Waals surface area contributed by atoms with Gasteiger partial charge in [0.1, 0.15) is 10.6 Å². The molecule has 0 aliphatic rings. The number of hydrazine groups is 1. The second-order valence-electron chi connectivity index (χ2n) is 5.94. The molecule has 1 atom stereocenters. The highest BCUT2D eigenvalue weighted by Gasteiger charge is 2.21. The Morgan fingerprint density at radius 2 is 1.71 bits per heavy atom. The number of nitrogens with one attached hydrogen (secondary N) is 2. The molecule has 0 saturated carbocycles. The molecular weight excluding hydrogens is 423 g/mol. The van der Waals surface area contributed by atoms with Crippen LogP contribution >= 0.6 is 23.2 Å². The van der Waals surface area contributed by atoms with Crippen LogP contribution in [0, 0.1) is 0 Å². The van der Waals surface area contributed by atoms with E-state index in [1.165, 1.54) is 25.1 Å². The molecule has 0 aliphatic carbocycles. The predicted octanol–water partition coefficient (Wildman–Crippen LogP) is 3.92. The largest absolute Gasteiger partial charge is 0.481 e. The Balaban J connectivity index is 1.65. The summed E-state index contributed by atoms with van der Waals surface area (Å²) in [4.78, 5) is 14.0. The average Bonchev–Trinajstić information content (AvgIpc) is 2.67. The number of carbonyl (C=O) groups is 1. The number of fused-ring (bicyclic) bond motifs is 1. The molecule has 0 radical (unpaired) electrons. The Bertz CT molecular complexity index is 1140. The molecule has 0 aliphatic heterocycles. The van der Waals surface area contributed by atoms with Crippen molar-refractivity contribution in [3.05, 3.63) is 70.7 Å². The number of amides is 1. The normalized spacial score (nSPS) is 12.5. The van der Waals surface area contributed by atoms with Gasteiger partial charge < -0.3 is 4.74 Å². The minimum atomic E-state index is -4.10. The molecule has 0 aromatic heterocycles. The first kappa shape index (κ1) is 20.4. The molecule has 3 aromatic carbocycles. The molecule has 0 fully saturated rings. The number of hydrogen-bond donors (Lipinski definition) is 2. The average molecular weight is 439 g/mol. The standard InChI is InChI=1S/C19H16Cl2N2O4S/c1-12(27-16-8-6-13-4-2-3-5-14(13)10-16)19(24)22-23-28(25,26)18-11-15(20)7-9-17(18)21/h2-12,23H,1H3,(H,22,24)/t12-/m1/s1. The Morgan fingerprint density at radius 3 is 2.46 bits per heavy atom.